The Hall–Kier alpha value is -3.63. The SMILES string of the molecule is CC(C)CCc1ccc(Cl)cc1.CC(C)CCc1ccccc1O.CCCCc1ccc(OCC)c(OCC)c1.COc1ccc(CCC(C)C)cc1. The summed E-state index contributed by atoms with van der Waals surface area (Å²) in [6.45, 7) is 20.9. The van der Waals surface area contributed by atoms with Gasteiger partial charge in [-0.05, 0) is 148 Å². The Kier molecular flexibility index (Phi) is 25.8. The first kappa shape index (κ1) is 47.4. The van der Waals surface area contributed by atoms with Crippen molar-refractivity contribution in [1.29, 1.82) is 0 Å². The Morgan fingerprint density at radius 2 is 1.06 bits per heavy atom. The number of hydrogen-bond acceptors (Lipinski definition) is 4. The largest absolute Gasteiger partial charge is 0.508 e. The van der Waals surface area contributed by atoms with Crippen LogP contribution in [0.4, 0.5) is 0 Å². The molecule has 0 aliphatic rings. The van der Waals surface area contributed by atoms with Crippen LogP contribution in [0.25, 0.3) is 0 Å². The van der Waals surface area contributed by atoms with Gasteiger partial charge in [0.2, 0.25) is 0 Å². The Morgan fingerprint density at radius 3 is 1.55 bits per heavy atom. The molecule has 0 aromatic heterocycles. The van der Waals surface area contributed by atoms with Gasteiger partial charge in [0, 0.05) is 5.02 Å². The molecule has 0 heterocycles. The van der Waals surface area contributed by atoms with Crippen LogP contribution in [-0.4, -0.2) is 25.4 Å². The summed E-state index contributed by atoms with van der Waals surface area (Å²) in [5.74, 6) is 5.35. The summed E-state index contributed by atoms with van der Waals surface area (Å²) >= 11 is 5.77. The van der Waals surface area contributed by atoms with Crippen molar-refractivity contribution in [3.05, 3.63) is 118 Å². The number of para-hydroxylation sites is 1. The zero-order valence-electron chi connectivity index (χ0n) is 34.7. The molecule has 0 atom stereocenters. The van der Waals surface area contributed by atoms with E-state index < -0.39 is 0 Å². The maximum atomic E-state index is 9.42. The fourth-order valence-corrected chi connectivity index (χ4v) is 5.28. The molecule has 0 radical (unpaired) electrons. The number of ether oxygens (including phenoxy) is 3. The van der Waals surface area contributed by atoms with Crippen molar-refractivity contribution >= 4 is 11.6 Å². The Labute approximate surface area is 329 Å². The standard InChI is InChI=1S/C14H22O2.C12H18O.C11H15Cl.C11H16O/c1-4-7-8-12-9-10-13(15-5-2)14(11-12)16-6-3;1-10(2)4-5-11-6-8-12(13-3)9-7-11;1-9(2)3-4-10-5-7-11(12)8-6-10;1-9(2)7-8-10-5-3-4-6-11(10)12/h9-11H,4-8H2,1-3H3;6-10H,4-5H2,1-3H3;5-9H,3-4H2,1-2H3;3-6,9,12H,7-8H2,1-2H3. The summed E-state index contributed by atoms with van der Waals surface area (Å²) in [7, 11) is 1.70. The van der Waals surface area contributed by atoms with Crippen molar-refractivity contribution in [2.75, 3.05) is 20.3 Å². The Balaban J connectivity index is 0.000000356. The lowest BCUT2D eigenvalue weighted by Gasteiger charge is -2.12. The zero-order chi connectivity index (χ0) is 39.4. The number of phenolic OH excluding ortho intramolecular Hbond substituents is 1. The smallest absolute Gasteiger partial charge is 0.161 e. The predicted octanol–water partition coefficient (Wildman–Crippen LogP) is 14.0. The van der Waals surface area contributed by atoms with Crippen LogP contribution in [0.1, 0.15) is 117 Å². The van der Waals surface area contributed by atoms with Crippen molar-refractivity contribution in [2.45, 2.75) is 120 Å². The number of aryl methyl sites for hydroxylation is 4. The summed E-state index contributed by atoms with van der Waals surface area (Å²) in [6.07, 6.45) is 10.5. The van der Waals surface area contributed by atoms with Gasteiger partial charge in [0.15, 0.2) is 11.5 Å². The van der Waals surface area contributed by atoms with Gasteiger partial charge in [0.05, 0.1) is 20.3 Å². The van der Waals surface area contributed by atoms with E-state index in [4.69, 9.17) is 25.8 Å². The zero-order valence-corrected chi connectivity index (χ0v) is 35.5. The number of halogens is 1. The van der Waals surface area contributed by atoms with E-state index in [0.29, 0.717) is 24.9 Å². The second-order valence-corrected chi connectivity index (χ2v) is 15.1. The number of phenols is 1. The summed E-state index contributed by atoms with van der Waals surface area (Å²) in [5.41, 5.74) is 5.17. The van der Waals surface area contributed by atoms with Crippen LogP contribution in [-0.2, 0) is 25.7 Å². The van der Waals surface area contributed by atoms with Crippen LogP contribution >= 0.6 is 11.6 Å². The third-order valence-corrected chi connectivity index (χ3v) is 8.75. The minimum atomic E-state index is 0.429. The Bertz CT molecular complexity index is 1460. The predicted molar refractivity (Wildman–Crippen MR) is 229 cm³/mol. The molecule has 4 rings (SSSR count). The normalized spacial score (nSPS) is 10.5. The van der Waals surface area contributed by atoms with Crippen molar-refractivity contribution < 1.29 is 19.3 Å². The highest BCUT2D eigenvalue weighted by molar-refractivity contribution is 6.30. The van der Waals surface area contributed by atoms with E-state index in [9.17, 15) is 5.11 Å². The number of unbranched alkanes of at least 4 members (excludes halogenated alkanes) is 1. The molecule has 0 aliphatic heterocycles. The fourth-order valence-electron chi connectivity index (χ4n) is 5.15. The average molecular weight is 748 g/mol. The van der Waals surface area contributed by atoms with Crippen molar-refractivity contribution in [3.8, 4) is 23.0 Å². The van der Waals surface area contributed by atoms with Gasteiger partial charge in [-0.15, -0.1) is 0 Å². The summed E-state index contributed by atoms with van der Waals surface area (Å²) in [6, 6.07) is 30.2. The quantitative estimate of drug-likeness (QED) is 0.117. The van der Waals surface area contributed by atoms with Gasteiger partial charge in [-0.1, -0.05) is 115 Å². The second kappa shape index (κ2) is 28.8. The van der Waals surface area contributed by atoms with E-state index in [1.807, 2.05) is 62.4 Å². The lowest BCUT2D eigenvalue weighted by molar-refractivity contribution is 0.287. The Morgan fingerprint density at radius 1 is 0.566 bits per heavy atom. The molecule has 0 spiro atoms. The first-order valence-corrected chi connectivity index (χ1v) is 20.3. The number of hydrogen-bond donors (Lipinski definition) is 1. The average Bonchev–Trinajstić information content (AvgIpc) is 3.14. The summed E-state index contributed by atoms with van der Waals surface area (Å²) in [4.78, 5) is 0. The number of methoxy groups -OCH3 is 1. The number of aromatic hydroxyl groups is 1. The highest BCUT2D eigenvalue weighted by Crippen LogP contribution is 2.29. The van der Waals surface area contributed by atoms with Crippen molar-refractivity contribution in [2.24, 2.45) is 17.8 Å². The molecular weight excluding hydrogens is 676 g/mol. The topological polar surface area (TPSA) is 47.9 Å². The number of benzene rings is 4. The van der Waals surface area contributed by atoms with Gasteiger partial charge in [-0.2, -0.15) is 0 Å². The lowest BCUT2D eigenvalue weighted by Crippen LogP contribution is -1.99. The molecule has 4 nitrogen and oxygen atoms in total. The third-order valence-electron chi connectivity index (χ3n) is 8.50. The molecule has 0 bridgehead atoms. The second-order valence-electron chi connectivity index (χ2n) is 14.7. The molecule has 4 aromatic rings. The molecule has 0 saturated heterocycles. The van der Waals surface area contributed by atoms with E-state index in [1.54, 1.807) is 13.2 Å². The number of rotatable bonds is 17. The van der Waals surface area contributed by atoms with Gasteiger partial charge in [-0.25, -0.2) is 0 Å². The van der Waals surface area contributed by atoms with Crippen LogP contribution in [0.5, 0.6) is 23.0 Å². The fraction of sp³-hybridized carbons (Fsp3) is 0.500. The van der Waals surface area contributed by atoms with Crippen molar-refractivity contribution in [1.82, 2.24) is 0 Å². The summed E-state index contributed by atoms with van der Waals surface area (Å²) < 4.78 is 16.2. The first-order valence-electron chi connectivity index (χ1n) is 19.9. The molecule has 53 heavy (non-hydrogen) atoms. The van der Waals surface area contributed by atoms with Crippen LogP contribution in [0, 0.1) is 17.8 Å². The van der Waals surface area contributed by atoms with Crippen LogP contribution in [0.3, 0.4) is 0 Å². The highest BCUT2D eigenvalue weighted by atomic mass is 35.5. The van der Waals surface area contributed by atoms with Gasteiger partial charge in [-0.3, -0.25) is 0 Å². The molecule has 0 unspecified atom stereocenters. The highest BCUT2D eigenvalue weighted by Gasteiger charge is 2.06. The molecule has 4 aromatic carbocycles. The van der Waals surface area contributed by atoms with Crippen LogP contribution in [0.2, 0.25) is 5.02 Å². The van der Waals surface area contributed by atoms with E-state index >= 15 is 0 Å². The maximum absolute atomic E-state index is 9.42. The van der Waals surface area contributed by atoms with Gasteiger partial charge < -0.3 is 19.3 Å². The van der Waals surface area contributed by atoms with Crippen LogP contribution in [0.15, 0.2) is 91.0 Å². The van der Waals surface area contributed by atoms with Crippen molar-refractivity contribution in [3.63, 3.8) is 0 Å². The molecule has 0 amide bonds. The molecule has 0 saturated carbocycles. The summed E-state index contributed by atoms with van der Waals surface area (Å²) in [5, 5.41) is 10.2. The van der Waals surface area contributed by atoms with E-state index in [1.165, 1.54) is 48.8 Å². The molecule has 1 N–H and O–H groups in total. The maximum Gasteiger partial charge on any atom is 0.161 e. The molecule has 294 valence electrons. The van der Waals surface area contributed by atoms with E-state index in [-0.39, 0.29) is 0 Å². The molecule has 5 heteroatoms. The minimum Gasteiger partial charge on any atom is -0.508 e. The lowest BCUT2D eigenvalue weighted by atomic mass is 10.0. The van der Waals surface area contributed by atoms with Gasteiger partial charge >= 0.3 is 0 Å². The molecule has 0 aliphatic carbocycles. The van der Waals surface area contributed by atoms with E-state index in [0.717, 1.165) is 65.4 Å². The van der Waals surface area contributed by atoms with Gasteiger partial charge in [0.1, 0.15) is 11.5 Å². The molecule has 0 fully saturated rings. The van der Waals surface area contributed by atoms with Gasteiger partial charge in [0.25, 0.3) is 0 Å². The first-order chi connectivity index (χ1) is 25.4. The van der Waals surface area contributed by atoms with Crippen LogP contribution < -0.4 is 14.2 Å². The van der Waals surface area contributed by atoms with E-state index in [2.05, 4.69) is 84.9 Å². The third kappa shape index (κ3) is 22.9. The monoisotopic (exact) mass is 747 g/mol. The minimum absolute atomic E-state index is 0.429. The molecular formula is C48H71ClO4.